The Morgan fingerprint density at radius 1 is 1.62 bits per heavy atom. The van der Waals surface area contributed by atoms with Gasteiger partial charge in [-0.05, 0) is 12.5 Å². The van der Waals surface area contributed by atoms with E-state index in [1.54, 1.807) is 12.3 Å². The summed E-state index contributed by atoms with van der Waals surface area (Å²) in [6, 6.07) is 1.77. The summed E-state index contributed by atoms with van der Waals surface area (Å²) in [7, 11) is 0. The van der Waals surface area contributed by atoms with Crippen molar-refractivity contribution in [3.8, 4) is 0 Å². The van der Waals surface area contributed by atoms with E-state index in [0.717, 1.165) is 17.5 Å². The molecule has 0 unspecified atom stereocenters. The van der Waals surface area contributed by atoms with Crippen LogP contribution in [-0.2, 0) is 6.42 Å². The highest BCUT2D eigenvalue weighted by Crippen LogP contribution is 2.25. The zero-order valence-corrected chi connectivity index (χ0v) is 11.0. The van der Waals surface area contributed by atoms with E-state index < -0.39 is 0 Å². The van der Waals surface area contributed by atoms with Crippen molar-refractivity contribution in [3.05, 3.63) is 28.5 Å². The first-order valence-electron chi connectivity index (χ1n) is 4.92. The number of H-pyrrole nitrogens is 1. The van der Waals surface area contributed by atoms with Gasteiger partial charge in [0.25, 0.3) is 0 Å². The number of hydrogen-bond donors (Lipinski definition) is 1. The van der Waals surface area contributed by atoms with Crippen molar-refractivity contribution in [2.45, 2.75) is 13.3 Å². The zero-order valence-electron chi connectivity index (χ0n) is 8.68. The summed E-state index contributed by atoms with van der Waals surface area (Å²) in [6.07, 6.45) is 2.34. The van der Waals surface area contributed by atoms with E-state index in [1.807, 2.05) is 6.92 Å². The summed E-state index contributed by atoms with van der Waals surface area (Å²) in [5.41, 5.74) is 2.32. The topological polar surface area (TPSA) is 45.8 Å². The van der Waals surface area contributed by atoms with Crippen LogP contribution in [0.3, 0.4) is 0 Å². The first-order chi connectivity index (χ1) is 7.67. The van der Waals surface area contributed by atoms with Gasteiger partial charge >= 0.3 is 0 Å². The van der Waals surface area contributed by atoms with Gasteiger partial charge < -0.3 is 4.98 Å². The quantitative estimate of drug-likeness (QED) is 0.698. The Kier molecular flexibility index (Phi) is 3.30. The maximum Gasteiger partial charge on any atom is 0.175 e. The maximum atomic E-state index is 11.8. The number of alkyl halides is 1. The van der Waals surface area contributed by atoms with E-state index in [1.165, 1.54) is 0 Å². The van der Waals surface area contributed by atoms with E-state index in [4.69, 9.17) is 11.6 Å². The molecule has 0 saturated heterocycles. The normalized spacial score (nSPS) is 10.9. The number of aromatic amines is 1. The van der Waals surface area contributed by atoms with Crippen LogP contribution in [0.25, 0.3) is 11.0 Å². The first-order valence-corrected chi connectivity index (χ1v) is 6.42. The standard InChI is InChI=1S/C11H10BrClN2O/c1-2-8-10(9(16)4-12)7-3-6(13)5-14-11(7)15-8/h3,5H,2,4H2,1H3,(H,14,15). The molecule has 2 aromatic rings. The van der Waals surface area contributed by atoms with E-state index in [2.05, 4.69) is 25.9 Å². The second-order valence-corrected chi connectivity index (χ2v) is 4.44. The van der Waals surface area contributed by atoms with Gasteiger partial charge in [0.15, 0.2) is 5.78 Å². The summed E-state index contributed by atoms with van der Waals surface area (Å²) >= 11 is 9.08. The summed E-state index contributed by atoms with van der Waals surface area (Å²) in [6.45, 7) is 2.00. The number of hydrogen-bond acceptors (Lipinski definition) is 2. The zero-order chi connectivity index (χ0) is 11.7. The molecule has 1 N–H and O–H groups in total. The third-order valence-corrected chi connectivity index (χ3v) is 3.16. The lowest BCUT2D eigenvalue weighted by Crippen LogP contribution is -2.02. The van der Waals surface area contributed by atoms with Crippen molar-refractivity contribution in [2.24, 2.45) is 0 Å². The van der Waals surface area contributed by atoms with Gasteiger partial charge in [0.1, 0.15) is 5.65 Å². The highest BCUT2D eigenvalue weighted by atomic mass is 79.9. The summed E-state index contributed by atoms with van der Waals surface area (Å²) < 4.78 is 0. The van der Waals surface area contributed by atoms with Crippen molar-refractivity contribution in [3.63, 3.8) is 0 Å². The van der Waals surface area contributed by atoms with Gasteiger partial charge in [-0.2, -0.15) is 0 Å². The molecule has 0 aliphatic carbocycles. The van der Waals surface area contributed by atoms with Crippen LogP contribution < -0.4 is 0 Å². The highest BCUT2D eigenvalue weighted by molar-refractivity contribution is 9.09. The molecule has 84 valence electrons. The number of nitrogens with one attached hydrogen (secondary N) is 1. The molecule has 16 heavy (non-hydrogen) atoms. The SMILES string of the molecule is CCc1[nH]c2ncc(Cl)cc2c1C(=O)CBr. The smallest absolute Gasteiger partial charge is 0.175 e. The van der Waals surface area contributed by atoms with Crippen molar-refractivity contribution < 1.29 is 4.79 Å². The molecule has 0 radical (unpaired) electrons. The lowest BCUT2D eigenvalue weighted by Gasteiger charge is -1.98. The highest BCUT2D eigenvalue weighted by Gasteiger charge is 2.17. The molecule has 0 aliphatic rings. The van der Waals surface area contributed by atoms with E-state index >= 15 is 0 Å². The Hall–Kier alpha value is -0.870. The van der Waals surface area contributed by atoms with E-state index in [-0.39, 0.29) is 5.78 Å². The predicted octanol–water partition coefficient (Wildman–Crippen LogP) is 3.36. The number of fused-ring (bicyclic) bond motifs is 1. The molecule has 0 bridgehead atoms. The minimum absolute atomic E-state index is 0.0483. The molecule has 0 aliphatic heterocycles. The fourth-order valence-corrected chi connectivity index (χ4v) is 2.19. The molecule has 5 heteroatoms. The monoisotopic (exact) mass is 300 g/mol. The number of carbonyl (C=O) groups is 1. The van der Waals surface area contributed by atoms with Crippen LogP contribution in [0.1, 0.15) is 23.0 Å². The molecule has 2 aromatic heterocycles. The molecule has 2 rings (SSSR count). The Bertz CT molecular complexity index is 550. The van der Waals surface area contributed by atoms with E-state index in [0.29, 0.717) is 21.6 Å². The van der Waals surface area contributed by atoms with Gasteiger partial charge in [0.05, 0.1) is 10.4 Å². The first kappa shape index (κ1) is 11.6. The minimum Gasteiger partial charge on any atom is -0.343 e. The van der Waals surface area contributed by atoms with Crippen molar-refractivity contribution in [1.82, 2.24) is 9.97 Å². The molecule has 3 nitrogen and oxygen atoms in total. The number of ketones is 1. The van der Waals surface area contributed by atoms with Gasteiger partial charge in [-0.25, -0.2) is 4.98 Å². The molecule has 0 saturated carbocycles. The molecular weight excluding hydrogens is 291 g/mol. The minimum atomic E-state index is 0.0483. The number of pyridine rings is 1. The van der Waals surface area contributed by atoms with E-state index in [9.17, 15) is 4.79 Å². The lowest BCUT2D eigenvalue weighted by atomic mass is 10.1. The number of Topliss-reactive ketones (excluding diaryl/α,β-unsaturated/α-hetero) is 1. The van der Waals surface area contributed by atoms with Crippen LogP contribution in [0.5, 0.6) is 0 Å². The van der Waals surface area contributed by atoms with Crippen LogP contribution in [-0.4, -0.2) is 21.1 Å². The van der Waals surface area contributed by atoms with Gasteiger partial charge in [-0.15, -0.1) is 0 Å². The predicted molar refractivity (Wildman–Crippen MR) is 68.6 cm³/mol. The van der Waals surface area contributed by atoms with Crippen LogP contribution in [0.2, 0.25) is 5.02 Å². The number of halogens is 2. The van der Waals surface area contributed by atoms with Crippen molar-refractivity contribution in [2.75, 3.05) is 5.33 Å². The second kappa shape index (κ2) is 4.55. The van der Waals surface area contributed by atoms with Gasteiger partial charge in [-0.1, -0.05) is 34.5 Å². The largest absolute Gasteiger partial charge is 0.343 e. The summed E-state index contributed by atoms with van der Waals surface area (Å²) in [5.74, 6) is 0.0483. The molecule has 0 amide bonds. The second-order valence-electron chi connectivity index (χ2n) is 3.44. The van der Waals surface area contributed by atoms with Gasteiger partial charge in [0.2, 0.25) is 0 Å². The fraction of sp³-hybridized carbons (Fsp3) is 0.273. The van der Waals surface area contributed by atoms with Gasteiger partial charge in [-0.3, -0.25) is 4.79 Å². The average molecular weight is 302 g/mol. The number of aromatic nitrogens is 2. The van der Waals surface area contributed by atoms with Crippen molar-refractivity contribution >= 4 is 44.3 Å². The summed E-state index contributed by atoms with van der Waals surface area (Å²) in [4.78, 5) is 19.2. The Morgan fingerprint density at radius 2 is 2.38 bits per heavy atom. The number of rotatable bonds is 3. The summed E-state index contributed by atoms with van der Waals surface area (Å²) in [5, 5.41) is 1.64. The lowest BCUT2D eigenvalue weighted by molar-refractivity contribution is 0.102. The Morgan fingerprint density at radius 3 is 3.00 bits per heavy atom. The van der Waals surface area contributed by atoms with Gasteiger partial charge in [0, 0.05) is 22.8 Å². The van der Waals surface area contributed by atoms with Crippen molar-refractivity contribution in [1.29, 1.82) is 0 Å². The molecule has 2 heterocycles. The van der Waals surface area contributed by atoms with Crippen LogP contribution >= 0.6 is 27.5 Å². The maximum absolute atomic E-state index is 11.8. The third-order valence-electron chi connectivity index (χ3n) is 2.45. The number of carbonyl (C=O) groups excluding carboxylic acids is 1. The average Bonchev–Trinajstić information content (AvgIpc) is 2.65. The molecular formula is C11H10BrClN2O. The third kappa shape index (κ3) is 1.87. The molecule has 0 spiro atoms. The fourth-order valence-electron chi connectivity index (χ4n) is 1.75. The number of nitrogens with zero attached hydrogens (tertiary/aromatic N) is 1. The molecule has 0 aromatic carbocycles. The van der Waals surface area contributed by atoms with Crippen LogP contribution in [0.15, 0.2) is 12.3 Å². The Labute approximate surface area is 106 Å². The Balaban J connectivity index is 2.75. The van der Waals surface area contributed by atoms with Crippen LogP contribution in [0.4, 0.5) is 0 Å². The molecule has 0 atom stereocenters. The van der Waals surface area contributed by atoms with Crippen LogP contribution in [0, 0.1) is 0 Å². The number of aryl methyl sites for hydroxylation is 1. The molecule has 0 fully saturated rings.